The molecular weight excluding hydrogens is 214 g/mol. The molecule has 0 radical (unpaired) electrons. The summed E-state index contributed by atoms with van der Waals surface area (Å²) in [5.41, 5.74) is 0. The van der Waals surface area contributed by atoms with Crippen LogP contribution in [-0.2, 0) is 7.05 Å². The molecule has 17 heavy (non-hydrogen) atoms. The summed E-state index contributed by atoms with van der Waals surface area (Å²) in [6, 6.07) is 1.53. The maximum Gasteiger partial charge on any atom is 0.149 e. The molecule has 1 N–H and O–H groups in total. The second kappa shape index (κ2) is 5.14. The SMILES string of the molecule is CC(C)NC1CCN(C(C)c2nncn2C)C1. The Hall–Kier alpha value is -0.940. The molecule has 0 aliphatic carbocycles. The lowest BCUT2D eigenvalue weighted by Gasteiger charge is -2.24. The minimum absolute atomic E-state index is 0.349. The molecule has 1 aliphatic heterocycles. The molecule has 0 saturated carbocycles. The second-order valence-electron chi connectivity index (χ2n) is 5.28. The van der Waals surface area contributed by atoms with Crippen molar-refractivity contribution in [3.63, 3.8) is 0 Å². The smallest absolute Gasteiger partial charge is 0.149 e. The first kappa shape index (κ1) is 12.5. The van der Waals surface area contributed by atoms with Crippen LogP contribution in [0.3, 0.4) is 0 Å². The number of likely N-dealkylation sites (tertiary alicyclic amines) is 1. The number of hydrogen-bond donors (Lipinski definition) is 1. The summed E-state index contributed by atoms with van der Waals surface area (Å²) >= 11 is 0. The largest absolute Gasteiger partial charge is 0.319 e. The maximum absolute atomic E-state index is 4.20. The average molecular weight is 237 g/mol. The van der Waals surface area contributed by atoms with E-state index in [1.54, 1.807) is 6.33 Å². The van der Waals surface area contributed by atoms with Gasteiger partial charge in [-0.05, 0) is 13.3 Å². The van der Waals surface area contributed by atoms with Gasteiger partial charge in [0.15, 0.2) is 0 Å². The van der Waals surface area contributed by atoms with Crippen LogP contribution in [-0.4, -0.2) is 44.8 Å². The topological polar surface area (TPSA) is 46.0 Å². The van der Waals surface area contributed by atoms with Gasteiger partial charge in [0.1, 0.15) is 12.2 Å². The van der Waals surface area contributed by atoms with Crippen LogP contribution >= 0.6 is 0 Å². The van der Waals surface area contributed by atoms with E-state index in [1.165, 1.54) is 6.42 Å². The van der Waals surface area contributed by atoms with Crippen molar-refractivity contribution < 1.29 is 0 Å². The van der Waals surface area contributed by atoms with Gasteiger partial charge >= 0.3 is 0 Å². The zero-order valence-electron chi connectivity index (χ0n) is 11.2. The average Bonchev–Trinajstić information content (AvgIpc) is 2.85. The van der Waals surface area contributed by atoms with Gasteiger partial charge in [0, 0.05) is 32.2 Å². The van der Waals surface area contributed by atoms with E-state index in [0.717, 1.165) is 18.9 Å². The van der Waals surface area contributed by atoms with E-state index >= 15 is 0 Å². The van der Waals surface area contributed by atoms with E-state index < -0.39 is 0 Å². The predicted octanol–water partition coefficient (Wildman–Crippen LogP) is 0.948. The predicted molar refractivity (Wildman–Crippen MR) is 67.7 cm³/mol. The van der Waals surface area contributed by atoms with Crippen molar-refractivity contribution in [2.75, 3.05) is 13.1 Å². The van der Waals surface area contributed by atoms with Gasteiger partial charge in [0.2, 0.25) is 0 Å². The zero-order valence-corrected chi connectivity index (χ0v) is 11.2. The lowest BCUT2D eigenvalue weighted by Crippen LogP contribution is -2.37. The van der Waals surface area contributed by atoms with Crippen molar-refractivity contribution in [2.24, 2.45) is 7.05 Å². The highest BCUT2D eigenvalue weighted by Gasteiger charge is 2.28. The molecule has 1 aromatic heterocycles. The van der Waals surface area contributed by atoms with Crippen molar-refractivity contribution in [3.05, 3.63) is 12.2 Å². The first-order valence-corrected chi connectivity index (χ1v) is 6.42. The summed E-state index contributed by atoms with van der Waals surface area (Å²) in [6.07, 6.45) is 2.99. The fraction of sp³-hybridized carbons (Fsp3) is 0.833. The van der Waals surface area contributed by atoms with Crippen molar-refractivity contribution in [1.29, 1.82) is 0 Å². The van der Waals surface area contributed by atoms with Crippen LogP contribution in [0.5, 0.6) is 0 Å². The molecule has 2 rings (SSSR count). The van der Waals surface area contributed by atoms with Crippen molar-refractivity contribution in [2.45, 2.75) is 45.3 Å². The van der Waals surface area contributed by atoms with Gasteiger partial charge < -0.3 is 9.88 Å². The van der Waals surface area contributed by atoms with Crippen LogP contribution in [0.2, 0.25) is 0 Å². The molecule has 0 aromatic carbocycles. The lowest BCUT2D eigenvalue weighted by molar-refractivity contribution is 0.241. The van der Waals surface area contributed by atoms with Crippen molar-refractivity contribution in [3.8, 4) is 0 Å². The Morgan fingerprint density at radius 1 is 1.41 bits per heavy atom. The van der Waals surface area contributed by atoms with Gasteiger partial charge in [-0.15, -0.1) is 10.2 Å². The van der Waals surface area contributed by atoms with Crippen LogP contribution in [0, 0.1) is 0 Å². The molecule has 5 nitrogen and oxygen atoms in total. The monoisotopic (exact) mass is 237 g/mol. The number of nitrogens with one attached hydrogen (secondary N) is 1. The summed E-state index contributed by atoms with van der Waals surface area (Å²) in [5, 5.41) is 11.8. The third-order valence-electron chi connectivity index (χ3n) is 3.46. The molecule has 5 heteroatoms. The highest BCUT2D eigenvalue weighted by Crippen LogP contribution is 2.22. The van der Waals surface area contributed by atoms with E-state index in [0.29, 0.717) is 18.1 Å². The second-order valence-corrected chi connectivity index (χ2v) is 5.28. The van der Waals surface area contributed by atoms with Crippen molar-refractivity contribution >= 4 is 0 Å². The number of hydrogen-bond acceptors (Lipinski definition) is 4. The molecule has 96 valence electrons. The van der Waals surface area contributed by atoms with Gasteiger partial charge in [-0.3, -0.25) is 4.90 Å². The zero-order chi connectivity index (χ0) is 12.4. The molecule has 1 aliphatic rings. The highest BCUT2D eigenvalue weighted by molar-refractivity contribution is 4.96. The Labute approximate surface area is 103 Å². The Bertz CT molecular complexity index is 360. The van der Waals surface area contributed by atoms with Crippen LogP contribution in [0.1, 0.15) is 39.1 Å². The first-order valence-electron chi connectivity index (χ1n) is 6.42. The summed E-state index contributed by atoms with van der Waals surface area (Å²) in [4.78, 5) is 2.48. The normalized spacial score (nSPS) is 23.5. The summed E-state index contributed by atoms with van der Waals surface area (Å²) in [5.74, 6) is 1.05. The van der Waals surface area contributed by atoms with Gasteiger partial charge in [-0.25, -0.2) is 0 Å². The van der Waals surface area contributed by atoms with Gasteiger partial charge in [-0.2, -0.15) is 0 Å². The molecule has 0 bridgehead atoms. The summed E-state index contributed by atoms with van der Waals surface area (Å²) in [6.45, 7) is 8.86. The molecule has 1 aromatic rings. The molecule has 0 spiro atoms. The van der Waals surface area contributed by atoms with Crippen LogP contribution in [0.25, 0.3) is 0 Å². The standard InChI is InChI=1S/C12H23N5/c1-9(2)14-11-5-6-17(7-11)10(3)12-15-13-8-16(12)4/h8-11,14H,5-7H2,1-4H3. The third-order valence-corrected chi connectivity index (χ3v) is 3.46. The number of aryl methyl sites for hydroxylation is 1. The maximum atomic E-state index is 4.20. The number of aromatic nitrogens is 3. The first-order chi connectivity index (χ1) is 8.08. The minimum atomic E-state index is 0.349. The minimum Gasteiger partial charge on any atom is -0.319 e. The van der Waals surface area contributed by atoms with Crippen LogP contribution < -0.4 is 5.32 Å². The van der Waals surface area contributed by atoms with E-state index in [4.69, 9.17) is 0 Å². The molecule has 1 saturated heterocycles. The molecule has 2 unspecified atom stereocenters. The van der Waals surface area contributed by atoms with E-state index in [-0.39, 0.29) is 0 Å². The molecule has 1 fully saturated rings. The van der Waals surface area contributed by atoms with Crippen LogP contribution in [0.4, 0.5) is 0 Å². The Kier molecular flexibility index (Phi) is 3.79. The van der Waals surface area contributed by atoms with Crippen LogP contribution in [0.15, 0.2) is 6.33 Å². The number of rotatable bonds is 4. The Morgan fingerprint density at radius 3 is 2.76 bits per heavy atom. The lowest BCUT2D eigenvalue weighted by atomic mass is 10.2. The third kappa shape index (κ3) is 2.84. The highest BCUT2D eigenvalue weighted by atomic mass is 15.3. The van der Waals surface area contributed by atoms with E-state index in [2.05, 4.69) is 41.2 Å². The fourth-order valence-electron chi connectivity index (χ4n) is 2.58. The molecule has 2 atom stereocenters. The molecule has 0 amide bonds. The van der Waals surface area contributed by atoms with E-state index in [9.17, 15) is 0 Å². The summed E-state index contributed by atoms with van der Waals surface area (Å²) < 4.78 is 2.01. The number of nitrogens with zero attached hydrogens (tertiary/aromatic N) is 4. The Morgan fingerprint density at radius 2 is 2.18 bits per heavy atom. The molecular formula is C12H23N5. The van der Waals surface area contributed by atoms with E-state index in [1.807, 2.05) is 11.6 Å². The molecule has 2 heterocycles. The van der Waals surface area contributed by atoms with Gasteiger partial charge in [0.25, 0.3) is 0 Å². The summed E-state index contributed by atoms with van der Waals surface area (Å²) in [7, 11) is 2.01. The Balaban J connectivity index is 1.94. The quantitative estimate of drug-likeness (QED) is 0.847. The van der Waals surface area contributed by atoms with Gasteiger partial charge in [-0.1, -0.05) is 13.8 Å². The van der Waals surface area contributed by atoms with Crippen molar-refractivity contribution in [1.82, 2.24) is 25.0 Å². The van der Waals surface area contributed by atoms with Gasteiger partial charge in [0.05, 0.1) is 6.04 Å². The fourth-order valence-corrected chi connectivity index (χ4v) is 2.58.